The number of furan rings is 1. The predicted octanol–water partition coefficient (Wildman–Crippen LogP) is 3.22. The largest absolute Gasteiger partial charge is 0.469 e. The van der Waals surface area contributed by atoms with Gasteiger partial charge in [0, 0.05) is 10.9 Å². The SMILES string of the molecule is COC(=O)Cc1c(Br)oc2cc(C)ccc12. The second-order valence-corrected chi connectivity index (χ2v) is 4.33. The van der Waals surface area contributed by atoms with Crippen LogP contribution in [-0.2, 0) is 16.0 Å². The lowest BCUT2D eigenvalue weighted by Crippen LogP contribution is -2.04. The molecule has 2 rings (SSSR count). The maximum Gasteiger partial charge on any atom is 0.310 e. The molecule has 16 heavy (non-hydrogen) atoms. The molecule has 1 heterocycles. The normalized spacial score (nSPS) is 10.7. The number of hydrogen-bond donors (Lipinski definition) is 0. The fourth-order valence-electron chi connectivity index (χ4n) is 1.61. The third-order valence-electron chi connectivity index (χ3n) is 2.45. The molecule has 0 aliphatic heterocycles. The van der Waals surface area contributed by atoms with Crippen LogP contribution in [-0.4, -0.2) is 13.1 Å². The van der Waals surface area contributed by atoms with Crippen molar-refractivity contribution in [1.82, 2.24) is 0 Å². The highest BCUT2D eigenvalue weighted by Gasteiger charge is 2.15. The van der Waals surface area contributed by atoms with E-state index in [2.05, 4.69) is 20.7 Å². The molecule has 0 saturated heterocycles. The van der Waals surface area contributed by atoms with E-state index >= 15 is 0 Å². The molecule has 1 aromatic heterocycles. The molecule has 0 unspecified atom stereocenters. The van der Waals surface area contributed by atoms with Gasteiger partial charge in [-0.1, -0.05) is 12.1 Å². The van der Waals surface area contributed by atoms with E-state index in [9.17, 15) is 4.79 Å². The fourth-order valence-corrected chi connectivity index (χ4v) is 2.14. The van der Waals surface area contributed by atoms with Crippen LogP contribution in [0.2, 0.25) is 0 Å². The molecule has 84 valence electrons. The van der Waals surface area contributed by atoms with Crippen LogP contribution in [0, 0.1) is 6.92 Å². The van der Waals surface area contributed by atoms with E-state index in [1.54, 1.807) is 0 Å². The van der Waals surface area contributed by atoms with Gasteiger partial charge in [0.25, 0.3) is 0 Å². The summed E-state index contributed by atoms with van der Waals surface area (Å²) in [5.74, 6) is -0.274. The first-order valence-corrected chi connectivity index (χ1v) is 5.65. The summed E-state index contributed by atoms with van der Waals surface area (Å²) in [5.41, 5.74) is 2.74. The van der Waals surface area contributed by atoms with Crippen molar-refractivity contribution in [1.29, 1.82) is 0 Å². The maximum atomic E-state index is 11.3. The van der Waals surface area contributed by atoms with Crippen molar-refractivity contribution in [3.63, 3.8) is 0 Å². The molecule has 0 radical (unpaired) electrons. The molecule has 0 bridgehead atoms. The highest BCUT2D eigenvalue weighted by molar-refractivity contribution is 9.10. The van der Waals surface area contributed by atoms with E-state index in [-0.39, 0.29) is 12.4 Å². The average Bonchev–Trinajstić information content (AvgIpc) is 2.54. The van der Waals surface area contributed by atoms with Gasteiger partial charge < -0.3 is 9.15 Å². The van der Waals surface area contributed by atoms with E-state index in [1.807, 2.05) is 25.1 Å². The number of carbonyl (C=O) groups excluding carboxylic acids is 1. The Labute approximate surface area is 102 Å². The highest BCUT2D eigenvalue weighted by atomic mass is 79.9. The molecule has 0 N–H and O–H groups in total. The predicted molar refractivity (Wildman–Crippen MR) is 64.4 cm³/mol. The molecular formula is C12H11BrO3. The van der Waals surface area contributed by atoms with Crippen molar-refractivity contribution in [3.8, 4) is 0 Å². The average molecular weight is 283 g/mol. The number of rotatable bonds is 2. The fraction of sp³-hybridized carbons (Fsp3) is 0.250. The van der Waals surface area contributed by atoms with E-state index in [1.165, 1.54) is 7.11 Å². The van der Waals surface area contributed by atoms with Gasteiger partial charge in [-0.3, -0.25) is 4.79 Å². The van der Waals surface area contributed by atoms with Crippen LogP contribution in [0.5, 0.6) is 0 Å². The number of halogens is 1. The standard InChI is InChI=1S/C12H11BrO3/c1-7-3-4-8-9(6-11(14)15-2)12(13)16-10(8)5-7/h3-5H,6H2,1-2H3. The van der Waals surface area contributed by atoms with Crippen LogP contribution in [0.25, 0.3) is 11.0 Å². The number of methoxy groups -OCH3 is 1. The van der Waals surface area contributed by atoms with Gasteiger partial charge in [0.05, 0.1) is 13.5 Å². The molecule has 1 aromatic carbocycles. The first-order valence-electron chi connectivity index (χ1n) is 4.86. The maximum absolute atomic E-state index is 11.3. The zero-order valence-corrected chi connectivity index (χ0v) is 10.6. The summed E-state index contributed by atoms with van der Waals surface area (Å²) in [6, 6.07) is 5.89. The Balaban J connectivity index is 2.52. The first kappa shape index (κ1) is 11.2. The Kier molecular flexibility index (Phi) is 3.01. The van der Waals surface area contributed by atoms with Crippen LogP contribution >= 0.6 is 15.9 Å². The molecule has 0 amide bonds. The Hall–Kier alpha value is -1.29. The van der Waals surface area contributed by atoms with Crippen molar-refractivity contribution >= 4 is 32.9 Å². The van der Waals surface area contributed by atoms with Gasteiger partial charge in [0.15, 0.2) is 4.67 Å². The van der Waals surface area contributed by atoms with Crippen LogP contribution in [0.15, 0.2) is 27.3 Å². The Morgan fingerprint density at radius 3 is 2.94 bits per heavy atom. The minimum Gasteiger partial charge on any atom is -0.469 e. The van der Waals surface area contributed by atoms with E-state index in [0.717, 1.165) is 22.1 Å². The lowest BCUT2D eigenvalue weighted by atomic mass is 10.1. The van der Waals surface area contributed by atoms with E-state index in [0.29, 0.717) is 4.67 Å². The molecule has 4 heteroatoms. The van der Waals surface area contributed by atoms with Crippen LogP contribution < -0.4 is 0 Å². The summed E-state index contributed by atoms with van der Waals surface area (Å²) in [6.45, 7) is 2.00. The van der Waals surface area contributed by atoms with Crippen LogP contribution in [0.4, 0.5) is 0 Å². The molecule has 2 aromatic rings. The van der Waals surface area contributed by atoms with Gasteiger partial charge >= 0.3 is 5.97 Å². The first-order chi connectivity index (χ1) is 7.61. The lowest BCUT2D eigenvalue weighted by molar-refractivity contribution is -0.139. The van der Waals surface area contributed by atoms with Gasteiger partial charge in [0.2, 0.25) is 0 Å². The number of ether oxygens (including phenoxy) is 1. The summed E-state index contributed by atoms with van der Waals surface area (Å²) in [7, 11) is 1.38. The molecule has 0 aliphatic carbocycles. The summed E-state index contributed by atoms with van der Waals surface area (Å²) in [5, 5.41) is 0.947. The monoisotopic (exact) mass is 282 g/mol. The van der Waals surface area contributed by atoms with Crippen molar-refractivity contribution in [2.75, 3.05) is 7.11 Å². The number of aryl methyl sites for hydroxylation is 1. The van der Waals surface area contributed by atoms with Crippen LogP contribution in [0.3, 0.4) is 0 Å². The number of carbonyl (C=O) groups is 1. The van der Waals surface area contributed by atoms with Crippen molar-refractivity contribution in [3.05, 3.63) is 34.0 Å². The number of esters is 1. The third kappa shape index (κ3) is 1.97. The quantitative estimate of drug-likeness (QED) is 0.794. The molecule has 0 saturated carbocycles. The molecule has 0 aliphatic rings. The van der Waals surface area contributed by atoms with Gasteiger partial charge in [0.1, 0.15) is 5.58 Å². The molecule has 0 spiro atoms. The van der Waals surface area contributed by atoms with E-state index in [4.69, 9.17) is 4.42 Å². The van der Waals surface area contributed by atoms with Crippen LogP contribution in [0.1, 0.15) is 11.1 Å². The highest BCUT2D eigenvalue weighted by Crippen LogP contribution is 2.31. The van der Waals surface area contributed by atoms with Gasteiger partial charge in [-0.2, -0.15) is 0 Å². The summed E-state index contributed by atoms with van der Waals surface area (Å²) in [6.07, 6.45) is 0.215. The van der Waals surface area contributed by atoms with Gasteiger partial charge in [-0.05, 0) is 34.5 Å². The second-order valence-electron chi connectivity index (χ2n) is 3.61. The van der Waals surface area contributed by atoms with Crippen molar-refractivity contribution in [2.24, 2.45) is 0 Å². The number of hydrogen-bond acceptors (Lipinski definition) is 3. The molecule has 0 fully saturated rings. The van der Waals surface area contributed by atoms with Gasteiger partial charge in [-0.25, -0.2) is 0 Å². The Morgan fingerprint density at radius 1 is 1.50 bits per heavy atom. The summed E-state index contributed by atoms with van der Waals surface area (Å²) in [4.78, 5) is 11.3. The van der Waals surface area contributed by atoms with Crippen molar-refractivity contribution in [2.45, 2.75) is 13.3 Å². The third-order valence-corrected chi connectivity index (χ3v) is 3.09. The zero-order valence-electron chi connectivity index (χ0n) is 9.04. The van der Waals surface area contributed by atoms with Gasteiger partial charge in [-0.15, -0.1) is 0 Å². The zero-order chi connectivity index (χ0) is 11.7. The lowest BCUT2D eigenvalue weighted by Gasteiger charge is -1.98. The van der Waals surface area contributed by atoms with E-state index < -0.39 is 0 Å². The minimum atomic E-state index is -0.274. The molecule has 3 nitrogen and oxygen atoms in total. The molecule has 0 atom stereocenters. The van der Waals surface area contributed by atoms with Crippen molar-refractivity contribution < 1.29 is 13.9 Å². The molecular weight excluding hydrogens is 272 g/mol. The Bertz CT molecular complexity index is 542. The number of fused-ring (bicyclic) bond motifs is 1. The minimum absolute atomic E-state index is 0.215. The number of benzene rings is 1. The Morgan fingerprint density at radius 2 is 2.25 bits per heavy atom. The summed E-state index contributed by atoms with van der Waals surface area (Å²) >= 11 is 3.32. The smallest absolute Gasteiger partial charge is 0.310 e. The topological polar surface area (TPSA) is 39.4 Å². The second kappa shape index (κ2) is 4.29. The summed E-state index contributed by atoms with van der Waals surface area (Å²) < 4.78 is 10.8.